The molecule has 2 aromatic rings. The Bertz CT molecular complexity index is 1010. The van der Waals surface area contributed by atoms with Gasteiger partial charge in [-0.2, -0.15) is 4.31 Å². The van der Waals surface area contributed by atoms with Gasteiger partial charge < -0.3 is 5.32 Å². The van der Waals surface area contributed by atoms with Crippen LogP contribution in [0.2, 0.25) is 0 Å². The van der Waals surface area contributed by atoms with Gasteiger partial charge in [-0.3, -0.25) is 4.79 Å². The van der Waals surface area contributed by atoms with Crippen LogP contribution in [0.5, 0.6) is 0 Å². The Balaban J connectivity index is 1.91. The number of hydrogen-bond acceptors (Lipinski definition) is 3. The first-order valence-corrected chi connectivity index (χ1v) is 10.7. The lowest BCUT2D eigenvalue weighted by molar-refractivity contribution is -0.119. The van der Waals surface area contributed by atoms with Crippen LogP contribution >= 0.6 is 0 Å². The van der Waals surface area contributed by atoms with Crippen LogP contribution in [0.4, 0.5) is 10.1 Å². The van der Waals surface area contributed by atoms with Gasteiger partial charge in [-0.15, -0.1) is 0 Å². The minimum absolute atomic E-state index is 0.274. The van der Waals surface area contributed by atoms with Gasteiger partial charge in [0.15, 0.2) is 0 Å². The third-order valence-electron chi connectivity index (χ3n) is 5.12. The smallest absolute Gasteiger partial charge is 0.244 e. The van der Waals surface area contributed by atoms with Crippen LogP contribution in [0.15, 0.2) is 35.2 Å². The van der Waals surface area contributed by atoms with E-state index in [-0.39, 0.29) is 10.7 Å². The van der Waals surface area contributed by atoms with E-state index in [0.717, 1.165) is 5.56 Å². The maximum atomic E-state index is 13.4. The standard InChI is InChI=1S/C21H25FN2O3S/c1-13-10-15(3)20(16(4)11-13)28(26,27)24-9-5-6-19(24)21(25)23-18-8-7-17(22)12-14(18)2/h7-8,10-12,19H,5-6,9H2,1-4H3,(H,23,25)/t19-/m1/s1. The molecule has 0 saturated carbocycles. The summed E-state index contributed by atoms with van der Waals surface area (Å²) in [5, 5.41) is 2.76. The second-order valence-corrected chi connectivity index (χ2v) is 9.28. The van der Waals surface area contributed by atoms with Crippen LogP contribution in [0.25, 0.3) is 0 Å². The van der Waals surface area contributed by atoms with Crippen molar-refractivity contribution in [2.75, 3.05) is 11.9 Å². The first-order chi connectivity index (χ1) is 13.1. The highest BCUT2D eigenvalue weighted by atomic mass is 32.2. The molecule has 1 fully saturated rings. The Morgan fingerprint density at radius 2 is 1.71 bits per heavy atom. The van der Waals surface area contributed by atoms with E-state index in [2.05, 4.69) is 5.32 Å². The lowest BCUT2D eigenvalue weighted by Crippen LogP contribution is -2.43. The Morgan fingerprint density at radius 1 is 1.07 bits per heavy atom. The molecule has 5 nitrogen and oxygen atoms in total. The maximum Gasteiger partial charge on any atom is 0.244 e. The predicted octanol–water partition coefficient (Wildman–Crippen LogP) is 3.85. The number of hydrogen-bond donors (Lipinski definition) is 1. The largest absolute Gasteiger partial charge is 0.324 e. The molecule has 1 N–H and O–H groups in total. The average Bonchev–Trinajstić information content (AvgIpc) is 3.06. The second kappa shape index (κ2) is 7.64. The number of sulfonamides is 1. The maximum absolute atomic E-state index is 13.4. The van der Waals surface area contributed by atoms with Gasteiger partial charge in [0.05, 0.1) is 4.90 Å². The van der Waals surface area contributed by atoms with E-state index in [4.69, 9.17) is 0 Å². The van der Waals surface area contributed by atoms with E-state index in [1.807, 2.05) is 19.1 Å². The number of amides is 1. The van der Waals surface area contributed by atoms with E-state index >= 15 is 0 Å². The van der Waals surface area contributed by atoms with E-state index in [9.17, 15) is 17.6 Å². The van der Waals surface area contributed by atoms with Crippen LogP contribution in [-0.2, 0) is 14.8 Å². The van der Waals surface area contributed by atoms with Crippen molar-refractivity contribution in [2.24, 2.45) is 0 Å². The van der Waals surface area contributed by atoms with Gasteiger partial charge >= 0.3 is 0 Å². The fourth-order valence-corrected chi connectivity index (χ4v) is 6.04. The topological polar surface area (TPSA) is 66.5 Å². The van der Waals surface area contributed by atoms with Crippen molar-refractivity contribution < 1.29 is 17.6 Å². The lowest BCUT2D eigenvalue weighted by Gasteiger charge is -2.25. The summed E-state index contributed by atoms with van der Waals surface area (Å²) in [5.41, 5.74) is 3.43. The Kier molecular flexibility index (Phi) is 5.59. The zero-order chi connectivity index (χ0) is 20.6. The van der Waals surface area contributed by atoms with E-state index in [1.54, 1.807) is 20.8 Å². The summed E-state index contributed by atoms with van der Waals surface area (Å²) < 4.78 is 41.3. The summed E-state index contributed by atoms with van der Waals surface area (Å²) in [7, 11) is -3.81. The molecule has 2 aromatic carbocycles. The van der Waals surface area contributed by atoms with Crippen molar-refractivity contribution in [3.8, 4) is 0 Å². The third kappa shape index (κ3) is 3.82. The number of nitrogens with zero attached hydrogens (tertiary/aromatic N) is 1. The molecular weight excluding hydrogens is 379 g/mol. The van der Waals surface area contributed by atoms with Gasteiger partial charge in [-0.1, -0.05) is 17.7 Å². The summed E-state index contributed by atoms with van der Waals surface area (Å²) in [6, 6.07) is 6.99. The van der Waals surface area contributed by atoms with Gasteiger partial charge in [-0.25, -0.2) is 12.8 Å². The molecule has 1 atom stereocenters. The Labute approximate surface area is 165 Å². The van der Waals surface area contributed by atoms with Crippen LogP contribution < -0.4 is 5.32 Å². The number of anilines is 1. The monoisotopic (exact) mass is 404 g/mol. The summed E-state index contributed by atoms with van der Waals surface area (Å²) in [5.74, 6) is -0.774. The van der Waals surface area contributed by atoms with Gasteiger partial charge in [0.2, 0.25) is 15.9 Å². The molecule has 1 aliphatic heterocycles. The number of halogens is 1. The van der Waals surface area contributed by atoms with Gasteiger partial charge in [0, 0.05) is 12.2 Å². The SMILES string of the molecule is Cc1cc(C)c(S(=O)(=O)N2CCC[C@@H]2C(=O)Nc2ccc(F)cc2C)c(C)c1. The quantitative estimate of drug-likeness (QED) is 0.842. The zero-order valence-electron chi connectivity index (χ0n) is 16.5. The van der Waals surface area contributed by atoms with Crippen LogP contribution in [0.3, 0.4) is 0 Å². The molecule has 1 amide bonds. The Morgan fingerprint density at radius 3 is 2.32 bits per heavy atom. The molecule has 0 unspecified atom stereocenters. The number of rotatable bonds is 4. The summed E-state index contributed by atoms with van der Waals surface area (Å²) >= 11 is 0. The van der Waals surface area contributed by atoms with Crippen LogP contribution in [0, 0.1) is 33.5 Å². The molecule has 0 radical (unpaired) electrons. The zero-order valence-corrected chi connectivity index (χ0v) is 17.4. The number of benzene rings is 2. The normalized spacial score (nSPS) is 17.7. The number of aryl methyl sites for hydroxylation is 4. The Hall–Kier alpha value is -2.25. The second-order valence-electron chi connectivity index (χ2n) is 7.45. The lowest BCUT2D eigenvalue weighted by atomic mass is 10.1. The molecule has 0 aromatic heterocycles. The first-order valence-electron chi connectivity index (χ1n) is 9.28. The molecule has 0 spiro atoms. The van der Waals surface area contributed by atoms with Crippen molar-refractivity contribution >= 4 is 21.6 Å². The van der Waals surface area contributed by atoms with Crippen molar-refractivity contribution in [1.29, 1.82) is 0 Å². The van der Waals surface area contributed by atoms with Gasteiger partial charge in [-0.05, 0) is 75.4 Å². The van der Waals surface area contributed by atoms with Gasteiger partial charge in [0.25, 0.3) is 0 Å². The highest BCUT2D eigenvalue weighted by Crippen LogP contribution is 2.31. The molecule has 1 aliphatic rings. The highest BCUT2D eigenvalue weighted by molar-refractivity contribution is 7.89. The number of carbonyl (C=O) groups is 1. The summed E-state index contributed by atoms with van der Waals surface area (Å²) in [6.45, 7) is 7.48. The van der Waals surface area contributed by atoms with Crippen molar-refractivity contribution in [3.05, 3.63) is 58.4 Å². The molecule has 1 heterocycles. The molecule has 28 heavy (non-hydrogen) atoms. The van der Waals surface area contributed by atoms with Crippen molar-refractivity contribution in [3.63, 3.8) is 0 Å². The predicted molar refractivity (Wildman–Crippen MR) is 107 cm³/mol. The van der Waals surface area contributed by atoms with Gasteiger partial charge in [0.1, 0.15) is 11.9 Å². The third-order valence-corrected chi connectivity index (χ3v) is 7.34. The molecule has 7 heteroatoms. The summed E-state index contributed by atoms with van der Waals surface area (Å²) in [4.78, 5) is 13.1. The molecule has 0 aliphatic carbocycles. The van der Waals surface area contributed by atoms with E-state index in [1.165, 1.54) is 22.5 Å². The van der Waals surface area contributed by atoms with E-state index in [0.29, 0.717) is 41.8 Å². The fraction of sp³-hybridized carbons (Fsp3) is 0.381. The molecule has 0 bridgehead atoms. The molecule has 1 saturated heterocycles. The van der Waals surface area contributed by atoms with Crippen molar-refractivity contribution in [2.45, 2.75) is 51.5 Å². The van der Waals surface area contributed by atoms with Crippen molar-refractivity contribution in [1.82, 2.24) is 4.31 Å². The molecule has 3 rings (SSSR count). The highest BCUT2D eigenvalue weighted by Gasteiger charge is 2.40. The van der Waals surface area contributed by atoms with Crippen LogP contribution in [0.1, 0.15) is 35.1 Å². The summed E-state index contributed by atoms with van der Waals surface area (Å²) in [6.07, 6.45) is 1.07. The van der Waals surface area contributed by atoms with Crippen LogP contribution in [-0.4, -0.2) is 31.2 Å². The minimum atomic E-state index is -3.81. The first kappa shape index (κ1) is 20.5. The molecule has 150 valence electrons. The molecular formula is C21H25FN2O3S. The fourth-order valence-electron chi connectivity index (χ4n) is 3.96. The average molecular weight is 405 g/mol. The number of carbonyl (C=O) groups excluding carboxylic acids is 1. The van der Waals surface area contributed by atoms with E-state index < -0.39 is 22.0 Å². The minimum Gasteiger partial charge on any atom is -0.324 e. The number of nitrogens with one attached hydrogen (secondary N) is 1.